The maximum Gasteiger partial charge on any atom is 0.255 e. The lowest BCUT2D eigenvalue weighted by Gasteiger charge is -2.21. The lowest BCUT2D eigenvalue weighted by atomic mass is 10.1. The van der Waals surface area contributed by atoms with E-state index in [-0.39, 0.29) is 17.3 Å². The van der Waals surface area contributed by atoms with Gasteiger partial charge in [-0.3, -0.25) is 9.78 Å². The number of anilines is 1. The van der Waals surface area contributed by atoms with E-state index in [9.17, 15) is 13.2 Å². The first-order valence-electron chi connectivity index (χ1n) is 8.96. The molecular weight excluding hydrogens is 410 g/mol. The maximum atomic E-state index is 12.9. The number of nitrogens with zero attached hydrogens (tertiary/aromatic N) is 2. The van der Waals surface area contributed by atoms with Crippen LogP contribution < -0.4 is 5.32 Å². The van der Waals surface area contributed by atoms with Crippen LogP contribution in [0.5, 0.6) is 0 Å². The monoisotopic (exact) mass is 429 g/mol. The van der Waals surface area contributed by atoms with Gasteiger partial charge < -0.3 is 5.32 Å². The van der Waals surface area contributed by atoms with Gasteiger partial charge in [0.15, 0.2) is 0 Å². The van der Waals surface area contributed by atoms with Gasteiger partial charge in [-0.15, -0.1) is 0 Å². The van der Waals surface area contributed by atoms with E-state index in [4.69, 9.17) is 11.6 Å². The molecule has 1 heterocycles. The zero-order chi connectivity index (χ0) is 20.9. The third kappa shape index (κ3) is 5.20. The van der Waals surface area contributed by atoms with E-state index in [1.54, 1.807) is 67.8 Å². The van der Waals surface area contributed by atoms with E-state index in [0.717, 1.165) is 5.56 Å². The SMILES string of the molecule is CCN(Cc1ccc(C(=O)Nc2cccnc2)cc1)S(=O)(=O)c1ccc(Cl)cc1. The van der Waals surface area contributed by atoms with Gasteiger partial charge in [0, 0.05) is 29.9 Å². The molecule has 0 fully saturated rings. The first-order valence-corrected chi connectivity index (χ1v) is 10.8. The fraction of sp³-hybridized carbons (Fsp3) is 0.143. The van der Waals surface area contributed by atoms with Crippen LogP contribution in [-0.4, -0.2) is 30.2 Å². The van der Waals surface area contributed by atoms with Crippen LogP contribution in [-0.2, 0) is 16.6 Å². The van der Waals surface area contributed by atoms with Crippen molar-refractivity contribution in [3.8, 4) is 0 Å². The average molecular weight is 430 g/mol. The Bertz CT molecular complexity index is 1070. The normalized spacial score (nSPS) is 11.4. The van der Waals surface area contributed by atoms with Crippen molar-refractivity contribution in [1.29, 1.82) is 0 Å². The molecule has 0 bridgehead atoms. The summed E-state index contributed by atoms with van der Waals surface area (Å²) in [6.07, 6.45) is 3.19. The van der Waals surface area contributed by atoms with Crippen LogP contribution in [0, 0.1) is 0 Å². The van der Waals surface area contributed by atoms with E-state index < -0.39 is 10.0 Å². The third-order valence-electron chi connectivity index (χ3n) is 4.30. The maximum absolute atomic E-state index is 12.9. The van der Waals surface area contributed by atoms with Gasteiger partial charge in [0.2, 0.25) is 10.0 Å². The van der Waals surface area contributed by atoms with Gasteiger partial charge in [0.25, 0.3) is 5.91 Å². The molecule has 0 aliphatic carbocycles. The molecule has 1 amide bonds. The van der Waals surface area contributed by atoms with Crippen LogP contribution in [0.3, 0.4) is 0 Å². The predicted octanol–water partition coefficient (Wildman–Crippen LogP) is 4.20. The highest BCUT2D eigenvalue weighted by Gasteiger charge is 2.23. The zero-order valence-corrected chi connectivity index (χ0v) is 17.3. The lowest BCUT2D eigenvalue weighted by Crippen LogP contribution is -2.30. The Morgan fingerprint density at radius 1 is 1.07 bits per heavy atom. The fourth-order valence-electron chi connectivity index (χ4n) is 2.73. The largest absolute Gasteiger partial charge is 0.321 e. The fourth-order valence-corrected chi connectivity index (χ4v) is 4.29. The van der Waals surface area contributed by atoms with Crippen LogP contribution in [0.1, 0.15) is 22.8 Å². The molecule has 0 radical (unpaired) electrons. The summed E-state index contributed by atoms with van der Waals surface area (Å²) in [4.78, 5) is 16.5. The highest BCUT2D eigenvalue weighted by atomic mass is 35.5. The Kier molecular flexibility index (Phi) is 6.64. The van der Waals surface area contributed by atoms with Crippen LogP contribution in [0.15, 0.2) is 78.0 Å². The molecule has 0 saturated heterocycles. The van der Waals surface area contributed by atoms with Gasteiger partial charge in [-0.05, 0) is 54.1 Å². The molecule has 0 aliphatic rings. The highest BCUT2D eigenvalue weighted by Crippen LogP contribution is 2.20. The second kappa shape index (κ2) is 9.17. The molecule has 1 N–H and O–H groups in total. The Morgan fingerprint density at radius 2 is 1.76 bits per heavy atom. The minimum Gasteiger partial charge on any atom is -0.321 e. The molecule has 3 rings (SSSR count). The van der Waals surface area contributed by atoms with E-state index in [1.165, 1.54) is 16.4 Å². The molecule has 2 aromatic carbocycles. The average Bonchev–Trinajstić information content (AvgIpc) is 2.73. The van der Waals surface area contributed by atoms with Crippen LogP contribution in [0.25, 0.3) is 0 Å². The van der Waals surface area contributed by atoms with Gasteiger partial charge in [-0.1, -0.05) is 30.7 Å². The van der Waals surface area contributed by atoms with Crippen molar-refractivity contribution in [3.05, 3.63) is 89.2 Å². The summed E-state index contributed by atoms with van der Waals surface area (Å²) < 4.78 is 27.1. The van der Waals surface area contributed by atoms with E-state index in [2.05, 4.69) is 10.3 Å². The Balaban J connectivity index is 1.72. The molecule has 150 valence electrons. The minimum absolute atomic E-state index is 0.191. The summed E-state index contributed by atoms with van der Waals surface area (Å²) in [6, 6.07) is 16.4. The first-order chi connectivity index (χ1) is 13.9. The minimum atomic E-state index is -3.64. The summed E-state index contributed by atoms with van der Waals surface area (Å²) in [5, 5.41) is 3.24. The molecule has 29 heavy (non-hydrogen) atoms. The number of carbonyl (C=O) groups is 1. The number of rotatable bonds is 7. The first kappa shape index (κ1) is 21.0. The number of hydrogen-bond acceptors (Lipinski definition) is 4. The van der Waals surface area contributed by atoms with Crippen molar-refractivity contribution in [3.63, 3.8) is 0 Å². The van der Waals surface area contributed by atoms with Crippen molar-refractivity contribution in [2.75, 3.05) is 11.9 Å². The van der Waals surface area contributed by atoms with Crippen molar-refractivity contribution < 1.29 is 13.2 Å². The quantitative estimate of drug-likeness (QED) is 0.610. The second-order valence-corrected chi connectivity index (χ2v) is 8.65. The molecular formula is C21H20ClN3O3S. The molecule has 0 aliphatic heterocycles. The number of nitrogens with one attached hydrogen (secondary N) is 1. The Morgan fingerprint density at radius 3 is 2.34 bits per heavy atom. The van der Waals surface area contributed by atoms with Crippen LogP contribution in [0.2, 0.25) is 5.02 Å². The summed E-state index contributed by atoms with van der Waals surface area (Å²) in [7, 11) is -3.64. The molecule has 0 atom stereocenters. The van der Waals surface area contributed by atoms with Crippen molar-refractivity contribution >= 4 is 33.2 Å². The summed E-state index contributed by atoms with van der Waals surface area (Å²) in [5.74, 6) is -0.259. The van der Waals surface area contributed by atoms with E-state index in [1.807, 2.05) is 0 Å². The van der Waals surface area contributed by atoms with Crippen molar-refractivity contribution in [2.45, 2.75) is 18.4 Å². The summed E-state index contributed by atoms with van der Waals surface area (Å²) >= 11 is 5.85. The number of sulfonamides is 1. The molecule has 3 aromatic rings. The number of benzene rings is 2. The number of amides is 1. The van der Waals surface area contributed by atoms with Crippen molar-refractivity contribution in [1.82, 2.24) is 9.29 Å². The molecule has 0 saturated carbocycles. The second-order valence-electron chi connectivity index (χ2n) is 6.28. The molecule has 0 unspecified atom stereocenters. The van der Waals surface area contributed by atoms with Crippen molar-refractivity contribution in [2.24, 2.45) is 0 Å². The van der Waals surface area contributed by atoms with E-state index >= 15 is 0 Å². The van der Waals surface area contributed by atoms with Crippen LogP contribution in [0.4, 0.5) is 5.69 Å². The standard InChI is InChI=1S/C21H20ClN3O3S/c1-2-25(29(27,28)20-11-9-18(22)10-12-20)15-16-5-7-17(8-6-16)21(26)24-19-4-3-13-23-14-19/h3-14H,2,15H2,1H3,(H,24,26). The molecule has 1 aromatic heterocycles. The van der Waals surface area contributed by atoms with E-state index in [0.29, 0.717) is 22.8 Å². The third-order valence-corrected chi connectivity index (χ3v) is 6.49. The number of carbonyl (C=O) groups excluding carboxylic acids is 1. The van der Waals surface area contributed by atoms with Gasteiger partial charge in [0.1, 0.15) is 0 Å². The Hall–Kier alpha value is -2.74. The zero-order valence-electron chi connectivity index (χ0n) is 15.7. The topological polar surface area (TPSA) is 79.4 Å². The number of pyridine rings is 1. The number of aromatic nitrogens is 1. The Labute approximate surface area is 175 Å². The van der Waals surface area contributed by atoms with Gasteiger partial charge in [-0.2, -0.15) is 4.31 Å². The highest BCUT2D eigenvalue weighted by molar-refractivity contribution is 7.89. The lowest BCUT2D eigenvalue weighted by molar-refractivity contribution is 0.102. The smallest absolute Gasteiger partial charge is 0.255 e. The number of halogens is 1. The van der Waals surface area contributed by atoms with Crippen LogP contribution >= 0.6 is 11.6 Å². The summed E-state index contributed by atoms with van der Waals surface area (Å²) in [6.45, 7) is 2.29. The van der Waals surface area contributed by atoms with Gasteiger partial charge in [0.05, 0.1) is 16.8 Å². The van der Waals surface area contributed by atoms with Gasteiger partial charge in [-0.25, -0.2) is 8.42 Å². The predicted molar refractivity (Wildman–Crippen MR) is 113 cm³/mol. The van der Waals surface area contributed by atoms with Gasteiger partial charge >= 0.3 is 0 Å². The summed E-state index contributed by atoms with van der Waals surface area (Å²) in [5.41, 5.74) is 1.86. The molecule has 8 heteroatoms. The number of hydrogen-bond donors (Lipinski definition) is 1. The molecule has 0 spiro atoms. The molecule has 6 nitrogen and oxygen atoms in total.